The molecule has 0 N–H and O–H groups in total. The van der Waals surface area contributed by atoms with E-state index in [9.17, 15) is 18.4 Å². The Balaban J connectivity index is 1.84. The van der Waals surface area contributed by atoms with Crippen LogP contribution in [-0.4, -0.2) is 39.0 Å². The van der Waals surface area contributed by atoms with Crippen molar-refractivity contribution in [2.45, 2.75) is 51.9 Å². The molecule has 0 aliphatic rings. The molecule has 11 heteroatoms. The highest BCUT2D eigenvalue weighted by molar-refractivity contribution is 6.76. The number of pyridine rings is 2. The average molecular weight is 527 g/mol. The average Bonchev–Trinajstić information content (AvgIpc) is 3.35. The molecule has 0 bridgehead atoms. The van der Waals surface area contributed by atoms with Gasteiger partial charge in [-0.3, -0.25) is 9.67 Å². The number of hydrogen-bond donors (Lipinski definition) is 0. The number of aryl methyl sites for hydroxylation is 2. The van der Waals surface area contributed by atoms with Crippen molar-refractivity contribution >= 4 is 19.1 Å². The summed E-state index contributed by atoms with van der Waals surface area (Å²) in [5, 5.41) is 14.6. The maximum Gasteiger partial charge on any atom is 0.419 e. The summed E-state index contributed by atoms with van der Waals surface area (Å²) >= 11 is 0. The van der Waals surface area contributed by atoms with Gasteiger partial charge < -0.3 is 9.30 Å². The fourth-order valence-electron chi connectivity index (χ4n) is 4.12. The highest BCUT2D eigenvalue weighted by Gasteiger charge is 2.36. The van der Waals surface area contributed by atoms with Crippen LogP contribution in [0.2, 0.25) is 25.7 Å². The van der Waals surface area contributed by atoms with Crippen molar-refractivity contribution in [3.05, 3.63) is 64.9 Å². The van der Waals surface area contributed by atoms with Crippen LogP contribution in [0.15, 0.2) is 36.7 Å². The summed E-state index contributed by atoms with van der Waals surface area (Å²) in [6.45, 7) is 9.39. The molecule has 0 unspecified atom stereocenters. The second-order valence-corrected chi connectivity index (χ2v) is 16.0. The van der Waals surface area contributed by atoms with Crippen molar-refractivity contribution in [1.29, 1.82) is 5.26 Å². The number of nitrogens with zero attached hydrogens (tertiary/aromatic N) is 6. The highest BCUT2D eigenvalue weighted by atomic mass is 28.3. The van der Waals surface area contributed by atoms with Gasteiger partial charge in [0, 0.05) is 62.9 Å². The first-order valence-corrected chi connectivity index (χ1v) is 15.6. The lowest BCUT2D eigenvalue weighted by molar-refractivity contribution is -0.138. The fraction of sp³-hybridized carbons (Fsp3) is 0.385. The minimum Gasteiger partial charge on any atom is -0.361 e. The van der Waals surface area contributed by atoms with Crippen LogP contribution >= 0.6 is 0 Å². The molecule has 194 valence electrons. The van der Waals surface area contributed by atoms with Crippen LogP contribution in [0.1, 0.15) is 28.2 Å². The Bertz CT molecular complexity index is 1480. The number of fused-ring (bicyclic) bond motifs is 1. The molecule has 4 aromatic rings. The molecule has 0 saturated carbocycles. The van der Waals surface area contributed by atoms with Crippen LogP contribution in [0.3, 0.4) is 0 Å². The zero-order chi connectivity index (χ0) is 27.0. The molecule has 4 rings (SSSR count). The number of aromatic nitrogens is 5. The lowest BCUT2D eigenvalue weighted by atomic mass is 10.0. The van der Waals surface area contributed by atoms with Crippen LogP contribution in [0.4, 0.5) is 13.2 Å². The number of alkyl halides is 3. The third-order valence-corrected chi connectivity index (χ3v) is 7.65. The molecule has 4 heterocycles. The van der Waals surface area contributed by atoms with Gasteiger partial charge in [0.1, 0.15) is 18.4 Å². The Morgan fingerprint density at radius 2 is 1.89 bits per heavy atom. The predicted molar refractivity (Wildman–Crippen MR) is 138 cm³/mol. The SMILES string of the molecule is Cc1cccc(-c2cc(Cc3nn(C)cc3C(F)(F)F)nc3c2c(C#N)cn3COCC[Si](C)(C)C)n1. The summed E-state index contributed by atoms with van der Waals surface area (Å²) in [6, 6.07) is 10.4. The molecule has 0 aliphatic carbocycles. The molecule has 0 saturated heterocycles. The van der Waals surface area contributed by atoms with E-state index >= 15 is 0 Å². The van der Waals surface area contributed by atoms with Crippen LogP contribution in [0, 0.1) is 18.3 Å². The number of nitriles is 1. The van der Waals surface area contributed by atoms with Gasteiger partial charge >= 0.3 is 6.18 Å². The lowest BCUT2D eigenvalue weighted by Gasteiger charge is -2.16. The zero-order valence-corrected chi connectivity index (χ0v) is 22.5. The van der Waals surface area contributed by atoms with Crippen molar-refractivity contribution in [2.75, 3.05) is 6.61 Å². The van der Waals surface area contributed by atoms with Crippen LogP contribution in [-0.2, 0) is 31.1 Å². The molecule has 0 atom stereocenters. The second-order valence-electron chi connectivity index (χ2n) is 10.3. The smallest absolute Gasteiger partial charge is 0.361 e. The van der Waals surface area contributed by atoms with Gasteiger partial charge in [0.15, 0.2) is 0 Å². The van der Waals surface area contributed by atoms with Gasteiger partial charge in [0.2, 0.25) is 0 Å². The molecule has 0 aromatic carbocycles. The molecule has 7 nitrogen and oxygen atoms in total. The predicted octanol–water partition coefficient (Wildman–Crippen LogP) is 5.93. The molecule has 0 spiro atoms. The quantitative estimate of drug-likeness (QED) is 0.210. The summed E-state index contributed by atoms with van der Waals surface area (Å²) in [7, 11) is 0.166. The summed E-state index contributed by atoms with van der Waals surface area (Å²) < 4.78 is 49.7. The highest BCUT2D eigenvalue weighted by Crippen LogP contribution is 2.35. The summed E-state index contributed by atoms with van der Waals surface area (Å²) in [5.74, 6) is 0. The van der Waals surface area contributed by atoms with E-state index in [2.05, 4.69) is 35.8 Å². The first kappa shape index (κ1) is 26.6. The minimum absolute atomic E-state index is 0.116. The largest absolute Gasteiger partial charge is 0.419 e. The van der Waals surface area contributed by atoms with Gasteiger partial charge in [-0.2, -0.15) is 23.5 Å². The Morgan fingerprint density at radius 1 is 1.14 bits per heavy atom. The van der Waals surface area contributed by atoms with E-state index in [1.807, 2.05) is 25.1 Å². The Labute approximate surface area is 214 Å². The number of halogens is 3. The number of rotatable bonds is 8. The molecule has 0 radical (unpaired) electrons. The first-order chi connectivity index (χ1) is 17.4. The number of hydrogen-bond acceptors (Lipinski definition) is 5. The molecule has 0 aliphatic heterocycles. The molecule has 37 heavy (non-hydrogen) atoms. The molecule has 0 fully saturated rings. The maximum absolute atomic E-state index is 13.6. The van der Waals surface area contributed by atoms with E-state index in [1.54, 1.807) is 16.8 Å². The van der Waals surface area contributed by atoms with E-state index in [0.717, 1.165) is 22.6 Å². The third kappa shape index (κ3) is 6.09. The Kier molecular flexibility index (Phi) is 7.26. The van der Waals surface area contributed by atoms with Gasteiger partial charge in [-0.05, 0) is 31.2 Å². The summed E-state index contributed by atoms with van der Waals surface area (Å²) in [4.78, 5) is 9.32. The van der Waals surface area contributed by atoms with Crippen molar-refractivity contribution in [3.63, 3.8) is 0 Å². The second kappa shape index (κ2) is 10.1. The van der Waals surface area contributed by atoms with Gasteiger partial charge in [-0.1, -0.05) is 25.7 Å². The Hall–Kier alpha value is -3.49. The van der Waals surface area contributed by atoms with Crippen molar-refractivity contribution in [2.24, 2.45) is 7.05 Å². The van der Waals surface area contributed by atoms with Crippen molar-refractivity contribution in [3.8, 4) is 17.3 Å². The molecule has 0 amide bonds. The van der Waals surface area contributed by atoms with Crippen LogP contribution < -0.4 is 0 Å². The zero-order valence-electron chi connectivity index (χ0n) is 21.5. The minimum atomic E-state index is -4.53. The monoisotopic (exact) mass is 526 g/mol. The van der Waals surface area contributed by atoms with Crippen LogP contribution in [0.5, 0.6) is 0 Å². The normalized spacial score (nSPS) is 12.3. The van der Waals surface area contributed by atoms with E-state index < -0.39 is 19.8 Å². The topological polar surface area (TPSA) is 81.5 Å². The van der Waals surface area contributed by atoms with Gasteiger partial charge in [0.25, 0.3) is 0 Å². The van der Waals surface area contributed by atoms with E-state index in [1.165, 1.54) is 7.05 Å². The van der Waals surface area contributed by atoms with E-state index in [0.29, 0.717) is 40.2 Å². The standard InChI is InChI=1S/C26H29F3N6OSi/c1-17-7-6-8-22(31-17)20-11-19(12-23-21(26(27,28)29)15-34(2)33-23)32-25-24(20)18(13-30)14-35(25)16-36-9-10-37(3,4)5/h6-8,11,14-15H,9-10,12,16H2,1-5H3. The summed E-state index contributed by atoms with van der Waals surface area (Å²) in [6.07, 6.45) is -2.02. The van der Waals surface area contributed by atoms with Crippen molar-refractivity contribution in [1.82, 2.24) is 24.3 Å². The van der Waals surface area contributed by atoms with Crippen LogP contribution in [0.25, 0.3) is 22.3 Å². The number of ether oxygens (including phenoxy) is 1. The molecular formula is C26H29F3N6OSi. The maximum atomic E-state index is 13.6. The van der Waals surface area contributed by atoms with E-state index in [-0.39, 0.29) is 18.8 Å². The first-order valence-electron chi connectivity index (χ1n) is 11.9. The summed E-state index contributed by atoms with van der Waals surface area (Å²) in [5.41, 5.74) is 2.36. The third-order valence-electron chi connectivity index (χ3n) is 5.95. The Morgan fingerprint density at radius 3 is 2.54 bits per heavy atom. The molecular weight excluding hydrogens is 497 g/mol. The van der Waals surface area contributed by atoms with Gasteiger partial charge in [0.05, 0.1) is 22.5 Å². The molecule has 4 aromatic heterocycles. The van der Waals surface area contributed by atoms with E-state index in [4.69, 9.17) is 9.72 Å². The fourth-order valence-corrected chi connectivity index (χ4v) is 4.88. The van der Waals surface area contributed by atoms with Gasteiger partial charge in [-0.15, -0.1) is 0 Å². The van der Waals surface area contributed by atoms with Gasteiger partial charge in [-0.25, -0.2) is 4.98 Å². The lowest BCUT2D eigenvalue weighted by Crippen LogP contribution is -2.22. The van der Waals surface area contributed by atoms with Crippen molar-refractivity contribution < 1.29 is 17.9 Å².